The molecule has 2 N–H and O–H groups in total. The van der Waals surface area contributed by atoms with Crippen molar-refractivity contribution >= 4 is 35.8 Å². The zero-order valence-corrected chi connectivity index (χ0v) is 16.9. The average molecular weight is 412 g/mol. The quantitative estimate of drug-likeness (QED) is 0.813. The maximum Gasteiger partial charge on any atom is 0.253 e. The van der Waals surface area contributed by atoms with Crippen molar-refractivity contribution in [2.45, 2.75) is 31.7 Å². The second kappa shape index (κ2) is 8.38. The zero-order valence-electron chi connectivity index (χ0n) is 15.4. The van der Waals surface area contributed by atoms with Crippen molar-refractivity contribution in [3.8, 4) is 0 Å². The minimum atomic E-state index is -0.0153. The van der Waals surface area contributed by atoms with Gasteiger partial charge in [-0.2, -0.15) is 0 Å². The van der Waals surface area contributed by atoms with Gasteiger partial charge in [0.05, 0.1) is 5.92 Å². The lowest BCUT2D eigenvalue weighted by atomic mass is 9.84. The molecule has 2 aliphatic carbocycles. The van der Waals surface area contributed by atoms with Crippen LogP contribution in [0.4, 0.5) is 0 Å². The van der Waals surface area contributed by atoms with Gasteiger partial charge in [0.2, 0.25) is 5.91 Å². The van der Waals surface area contributed by atoms with Gasteiger partial charge >= 0.3 is 0 Å². The second-order valence-corrected chi connectivity index (χ2v) is 8.35. The summed E-state index contributed by atoms with van der Waals surface area (Å²) in [6.45, 7) is 2.52. The van der Waals surface area contributed by atoms with Gasteiger partial charge in [-0.05, 0) is 55.7 Å². The molecule has 2 bridgehead atoms. The van der Waals surface area contributed by atoms with E-state index in [0.29, 0.717) is 48.6 Å². The minimum Gasteiger partial charge on any atom is -0.341 e. The van der Waals surface area contributed by atoms with Crippen molar-refractivity contribution < 1.29 is 9.59 Å². The largest absolute Gasteiger partial charge is 0.341 e. The van der Waals surface area contributed by atoms with Crippen LogP contribution >= 0.6 is 24.0 Å². The fraction of sp³-hybridized carbons (Fsp3) is 0.600. The number of halogens is 2. The number of carbonyl (C=O) groups is 2. The van der Waals surface area contributed by atoms with E-state index in [2.05, 4.69) is 0 Å². The van der Waals surface area contributed by atoms with Crippen LogP contribution in [0.5, 0.6) is 0 Å². The van der Waals surface area contributed by atoms with E-state index in [1.165, 1.54) is 6.42 Å². The van der Waals surface area contributed by atoms with E-state index < -0.39 is 0 Å². The molecule has 4 rings (SSSR count). The summed E-state index contributed by atoms with van der Waals surface area (Å²) in [5.74, 6) is 1.18. The monoisotopic (exact) mass is 411 g/mol. The molecule has 1 aromatic rings. The molecule has 4 atom stereocenters. The molecule has 148 valence electrons. The van der Waals surface area contributed by atoms with E-state index in [1.807, 2.05) is 9.80 Å². The molecular formula is C20H27Cl2N3O2. The van der Waals surface area contributed by atoms with Gasteiger partial charge in [-0.3, -0.25) is 9.59 Å². The Morgan fingerprint density at radius 3 is 2.44 bits per heavy atom. The van der Waals surface area contributed by atoms with Gasteiger partial charge in [0.1, 0.15) is 0 Å². The smallest absolute Gasteiger partial charge is 0.253 e. The van der Waals surface area contributed by atoms with Gasteiger partial charge in [0, 0.05) is 42.8 Å². The molecule has 2 saturated carbocycles. The lowest BCUT2D eigenvalue weighted by Crippen LogP contribution is -2.48. The van der Waals surface area contributed by atoms with Crippen molar-refractivity contribution in [2.75, 3.05) is 26.2 Å². The Labute approximate surface area is 171 Å². The number of nitrogens with two attached hydrogens (primary N) is 1. The molecule has 1 aliphatic heterocycles. The standard InChI is InChI=1S/C20H26ClN3O2.ClH/c21-16-4-1-3-15(12-16)19(25)23-7-2-8-24(10-9-23)20(26)17-13-5-6-14(11-13)18(17)22;/h1,3-4,12-14,17-18H,2,5-11,22H2;1H. The third kappa shape index (κ3) is 3.96. The predicted molar refractivity (Wildman–Crippen MR) is 108 cm³/mol. The number of carbonyl (C=O) groups excluding carboxylic acids is 2. The summed E-state index contributed by atoms with van der Waals surface area (Å²) in [7, 11) is 0. The molecule has 0 aromatic heterocycles. The van der Waals surface area contributed by atoms with Gasteiger partial charge in [0.15, 0.2) is 0 Å². The van der Waals surface area contributed by atoms with Crippen LogP contribution in [-0.2, 0) is 4.79 Å². The summed E-state index contributed by atoms with van der Waals surface area (Å²) < 4.78 is 0. The molecule has 1 saturated heterocycles. The summed E-state index contributed by atoms with van der Waals surface area (Å²) in [6.07, 6.45) is 4.23. The minimum absolute atomic E-state index is 0. The van der Waals surface area contributed by atoms with Crippen LogP contribution in [0.2, 0.25) is 5.02 Å². The first kappa shape index (κ1) is 20.4. The third-order valence-electron chi connectivity index (χ3n) is 6.43. The predicted octanol–water partition coefficient (Wildman–Crippen LogP) is 2.81. The van der Waals surface area contributed by atoms with Crippen molar-refractivity contribution in [1.29, 1.82) is 0 Å². The summed E-state index contributed by atoms with van der Waals surface area (Å²) in [4.78, 5) is 29.6. The summed E-state index contributed by atoms with van der Waals surface area (Å²) in [5, 5.41) is 0.563. The van der Waals surface area contributed by atoms with Crippen molar-refractivity contribution in [3.63, 3.8) is 0 Å². The van der Waals surface area contributed by atoms with E-state index in [1.54, 1.807) is 24.3 Å². The molecule has 0 spiro atoms. The molecule has 1 heterocycles. The van der Waals surface area contributed by atoms with E-state index in [9.17, 15) is 9.59 Å². The maximum absolute atomic E-state index is 13.1. The highest BCUT2D eigenvalue weighted by Crippen LogP contribution is 2.48. The Morgan fingerprint density at radius 1 is 1.04 bits per heavy atom. The average Bonchev–Trinajstić information content (AvgIpc) is 3.13. The normalized spacial score (nSPS) is 30.0. The lowest BCUT2D eigenvalue weighted by Gasteiger charge is -2.32. The highest BCUT2D eigenvalue weighted by atomic mass is 35.5. The molecular weight excluding hydrogens is 385 g/mol. The highest BCUT2D eigenvalue weighted by Gasteiger charge is 2.50. The highest BCUT2D eigenvalue weighted by molar-refractivity contribution is 6.30. The first-order valence-corrected chi connectivity index (χ1v) is 10.0. The molecule has 3 aliphatic rings. The molecule has 7 heteroatoms. The second-order valence-electron chi connectivity index (χ2n) is 7.92. The Hall–Kier alpha value is -1.30. The SMILES string of the molecule is Cl.NC1C2CCC(C2)C1C(=O)N1CCCN(C(=O)c2cccc(Cl)c2)CC1. The van der Waals surface area contributed by atoms with Crippen LogP contribution in [0.15, 0.2) is 24.3 Å². The van der Waals surface area contributed by atoms with Crippen LogP contribution in [0.25, 0.3) is 0 Å². The van der Waals surface area contributed by atoms with Crippen LogP contribution in [-0.4, -0.2) is 53.8 Å². The van der Waals surface area contributed by atoms with Gasteiger partial charge < -0.3 is 15.5 Å². The molecule has 1 aromatic carbocycles. The number of hydrogen-bond acceptors (Lipinski definition) is 3. The van der Waals surface area contributed by atoms with Crippen molar-refractivity contribution in [1.82, 2.24) is 9.80 Å². The van der Waals surface area contributed by atoms with Gasteiger partial charge in [0.25, 0.3) is 5.91 Å². The van der Waals surface area contributed by atoms with Crippen LogP contribution in [0.1, 0.15) is 36.0 Å². The first-order valence-electron chi connectivity index (χ1n) is 9.64. The topological polar surface area (TPSA) is 66.6 Å². The Balaban J connectivity index is 0.00000210. The zero-order chi connectivity index (χ0) is 18.3. The number of hydrogen-bond donors (Lipinski definition) is 1. The molecule has 4 unspecified atom stereocenters. The van der Waals surface area contributed by atoms with E-state index in [-0.39, 0.29) is 36.2 Å². The van der Waals surface area contributed by atoms with Gasteiger partial charge in [-0.1, -0.05) is 17.7 Å². The summed E-state index contributed by atoms with van der Waals surface area (Å²) in [6, 6.07) is 7.07. The van der Waals surface area contributed by atoms with E-state index in [0.717, 1.165) is 19.3 Å². The number of benzene rings is 1. The molecule has 5 nitrogen and oxygen atoms in total. The number of nitrogens with zero attached hydrogens (tertiary/aromatic N) is 2. The van der Waals surface area contributed by atoms with Crippen molar-refractivity contribution in [3.05, 3.63) is 34.9 Å². The Morgan fingerprint density at radius 2 is 1.74 bits per heavy atom. The van der Waals surface area contributed by atoms with E-state index >= 15 is 0 Å². The van der Waals surface area contributed by atoms with E-state index in [4.69, 9.17) is 17.3 Å². The maximum atomic E-state index is 13.1. The van der Waals surface area contributed by atoms with Crippen LogP contribution < -0.4 is 5.73 Å². The molecule has 2 amide bonds. The van der Waals surface area contributed by atoms with Crippen LogP contribution in [0.3, 0.4) is 0 Å². The fourth-order valence-corrected chi connectivity index (χ4v) is 5.25. The van der Waals surface area contributed by atoms with Crippen LogP contribution in [0, 0.1) is 17.8 Å². The Bertz CT molecular complexity index is 712. The summed E-state index contributed by atoms with van der Waals surface area (Å²) in [5.41, 5.74) is 6.96. The third-order valence-corrected chi connectivity index (χ3v) is 6.67. The molecule has 3 fully saturated rings. The molecule has 0 radical (unpaired) electrons. The number of rotatable bonds is 2. The number of fused-ring (bicyclic) bond motifs is 2. The van der Waals surface area contributed by atoms with Gasteiger partial charge in [-0.25, -0.2) is 0 Å². The first-order chi connectivity index (χ1) is 12.5. The molecule has 27 heavy (non-hydrogen) atoms. The lowest BCUT2D eigenvalue weighted by molar-refractivity contribution is -0.137. The number of amides is 2. The summed E-state index contributed by atoms with van der Waals surface area (Å²) >= 11 is 6.01. The fourth-order valence-electron chi connectivity index (χ4n) is 5.06. The Kier molecular flexibility index (Phi) is 6.34. The van der Waals surface area contributed by atoms with Crippen molar-refractivity contribution in [2.24, 2.45) is 23.5 Å². The van der Waals surface area contributed by atoms with Gasteiger partial charge in [-0.15, -0.1) is 12.4 Å².